The summed E-state index contributed by atoms with van der Waals surface area (Å²) in [4.78, 5) is 26.1. The van der Waals surface area contributed by atoms with Crippen LogP contribution >= 0.6 is 0 Å². The summed E-state index contributed by atoms with van der Waals surface area (Å²) < 4.78 is 5.02. The van der Waals surface area contributed by atoms with E-state index in [1.54, 1.807) is 12.1 Å². The van der Waals surface area contributed by atoms with Gasteiger partial charge in [-0.25, -0.2) is 0 Å². The summed E-state index contributed by atoms with van der Waals surface area (Å²) in [5.74, 6) is 0.00302. The predicted octanol–water partition coefficient (Wildman–Crippen LogP) is 2.69. The van der Waals surface area contributed by atoms with Crippen molar-refractivity contribution >= 4 is 17.5 Å². The first-order chi connectivity index (χ1) is 11.1. The van der Waals surface area contributed by atoms with E-state index in [4.69, 9.17) is 4.42 Å². The molecule has 5 nitrogen and oxygen atoms in total. The van der Waals surface area contributed by atoms with E-state index < -0.39 is 0 Å². The molecule has 0 saturated carbocycles. The fourth-order valence-electron chi connectivity index (χ4n) is 2.90. The standard InChI is InChI=1S/C18H20N2O3/c1-13-6-7-15-14(12-13)4-2-10-20(15)17(21)8-9-19-18(22)16-5-3-11-23-16/h3,5-7,11-12H,2,4,8-10H2,1H3,(H,19,22). The number of carbonyl (C=O) groups excluding carboxylic acids is 2. The van der Waals surface area contributed by atoms with E-state index >= 15 is 0 Å². The van der Waals surface area contributed by atoms with Crippen molar-refractivity contribution in [2.45, 2.75) is 26.2 Å². The minimum Gasteiger partial charge on any atom is -0.459 e. The Labute approximate surface area is 135 Å². The van der Waals surface area contributed by atoms with Crippen LogP contribution < -0.4 is 10.2 Å². The summed E-state index contributed by atoms with van der Waals surface area (Å²) in [5.41, 5.74) is 3.44. The molecule has 120 valence electrons. The number of amides is 2. The number of nitrogens with one attached hydrogen (secondary N) is 1. The summed E-state index contributed by atoms with van der Waals surface area (Å²) in [6.07, 6.45) is 3.71. The molecule has 1 aliphatic heterocycles. The molecule has 2 aromatic rings. The number of benzene rings is 1. The van der Waals surface area contributed by atoms with Crippen molar-refractivity contribution in [3.63, 3.8) is 0 Å². The van der Waals surface area contributed by atoms with Crippen molar-refractivity contribution in [3.05, 3.63) is 53.5 Å². The number of hydrogen-bond donors (Lipinski definition) is 1. The Morgan fingerprint density at radius 2 is 2.17 bits per heavy atom. The molecule has 0 fully saturated rings. The van der Waals surface area contributed by atoms with Crippen LogP contribution in [0.3, 0.4) is 0 Å². The van der Waals surface area contributed by atoms with Gasteiger partial charge in [-0.05, 0) is 43.5 Å². The molecule has 1 N–H and O–H groups in total. The van der Waals surface area contributed by atoms with Crippen molar-refractivity contribution in [1.29, 1.82) is 0 Å². The van der Waals surface area contributed by atoms with Gasteiger partial charge >= 0.3 is 0 Å². The van der Waals surface area contributed by atoms with Gasteiger partial charge in [0.1, 0.15) is 0 Å². The highest BCUT2D eigenvalue weighted by atomic mass is 16.3. The number of anilines is 1. The zero-order valence-electron chi connectivity index (χ0n) is 13.2. The Kier molecular flexibility index (Phi) is 4.46. The molecule has 0 unspecified atom stereocenters. The normalized spacial score (nSPS) is 13.5. The molecule has 0 radical (unpaired) electrons. The van der Waals surface area contributed by atoms with Gasteiger partial charge in [0, 0.05) is 25.2 Å². The molecule has 1 aliphatic rings. The molecule has 2 heterocycles. The summed E-state index contributed by atoms with van der Waals surface area (Å²) in [7, 11) is 0. The molecule has 0 bridgehead atoms. The van der Waals surface area contributed by atoms with Gasteiger partial charge in [-0.2, -0.15) is 0 Å². The van der Waals surface area contributed by atoms with E-state index in [0.717, 1.165) is 25.1 Å². The number of nitrogens with zero attached hydrogens (tertiary/aromatic N) is 1. The predicted molar refractivity (Wildman–Crippen MR) is 87.5 cm³/mol. The molecular weight excluding hydrogens is 292 g/mol. The Hall–Kier alpha value is -2.56. The fourth-order valence-corrected chi connectivity index (χ4v) is 2.90. The third kappa shape index (κ3) is 3.44. The Morgan fingerprint density at radius 3 is 2.96 bits per heavy atom. The highest BCUT2D eigenvalue weighted by molar-refractivity contribution is 5.95. The summed E-state index contributed by atoms with van der Waals surface area (Å²) >= 11 is 0. The van der Waals surface area contributed by atoms with E-state index in [1.165, 1.54) is 17.4 Å². The molecule has 0 aliphatic carbocycles. The lowest BCUT2D eigenvalue weighted by molar-refractivity contribution is -0.118. The van der Waals surface area contributed by atoms with Gasteiger partial charge < -0.3 is 14.6 Å². The second kappa shape index (κ2) is 6.69. The van der Waals surface area contributed by atoms with Crippen molar-refractivity contribution in [2.24, 2.45) is 0 Å². The maximum absolute atomic E-state index is 12.5. The summed E-state index contributed by atoms with van der Waals surface area (Å²) in [6, 6.07) is 9.45. The average Bonchev–Trinajstić information content (AvgIpc) is 3.08. The van der Waals surface area contributed by atoms with Gasteiger partial charge in [0.05, 0.1) is 6.26 Å². The molecule has 1 aromatic heterocycles. The third-order valence-corrected chi connectivity index (χ3v) is 4.02. The Balaban J connectivity index is 1.58. The SMILES string of the molecule is Cc1ccc2c(c1)CCCN2C(=O)CCNC(=O)c1ccco1. The van der Waals surface area contributed by atoms with E-state index in [0.29, 0.717) is 6.54 Å². The molecule has 23 heavy (non-hydrogen) atoms. The number of fused-ring (bicyclic) bond motifs is 1. The molecule has 1 aromatic carbocycles. The summed E-state index contributed by atoms with van der Waals surface area (Å²) in [5, 5.41) is 2.71. The second-order valence-corrected chi connectivity index (χ2v) is 5.76. The van der Waals surface area contributed by atoms with Crippen molar-refractivity contribution < 1.29 is 14.0 Å². The topological polar surface area (TPSA) is 62.6 Å². The largest absolute Gasteiger partial charge is 0.459 e. The first kappa shape index (κ1) is 15.3. The number of hydrogen-bond acceptors (Lipinski definition) is 3. The van der Waals surface area contributed by atoms with Crippen molar-refractivity contribution in [1.82, 2.24) is 5.32 Å². The fraction of sp³-hybridized carbons (Fsp3) is 0.333. The number of carbonyl (C=O) groups is 2. The van der Waals surface area contributed by atoms with E-state index in [2.05, 4.69) is 18.3 Å². The summed E-state index contributed by atoms with van der Waals surface area (Å²) in [6.45, 7) is 3.10. The zero-order valence-corrected chi connectivity index (χ0v) is 13.2. The van der Waals surface area contributed by atoms with Crippen LogP contribution in [0.1, 0.15) is 34.5 Å². The minimum atomic E-state index is -0.294. The highest BCUT2D eigenvalue weighted by Gasteiger charge is 2.22. The van der Waals surface area contributed by atoms with Crippen LogP contribution in [0, 0.1) is 6.92 Å². The second-order valence-electron chi connectivity index (χ2n) is 5.76. The van der Waals surface area contributed by atoms with Crippen LogP contribution in [0.25, 0.3) is 0 Å². The van der Waals surface area contributed by atoms with Crippen LogP contribution in [-0.2, 0) is 11.2 Å². The maximum Gasteiger partial charge on any atom is 0.286 e. The Morgan fingerprint density at radius 1 is 1.30 bits per heavy atom. The molecule has 3 rings (SSSR count). The monoisotopic (exact) mass is 312 g/mol. The van der Waals surface area contributed by atoms with E-state index in [1.807, 2.05) is 17.0 Å². The zero-order chi connectivity index (χ0) is 16.2. The van der Waals surface area contributed by atoms with Crippen molar-refractivity contribution in [3.8, 4) is 0 Å². The lowest BCUT2D eigenvalue weighted by Crippen LogP contribution is -2.37. The van der Waals surface area contributed by atoms with Crippen molar-refractivity contribution in [2.75, 3.05) is 18.0 Å². The lowest BCUT2D eigenvalue weighted by Gasteiger charge is -2.30. The van der Waals surface area contributed by atoms with Gasteiger partial charge in [-0.3, -0.25) is 9.59 Å². The van der Waals surface area contributed by atoms with E-state index in [-0.39, 0.29) is 24.0 Å². The highest BCUT2D eigenvalue weighted by Crippen LogP contribution is 2.28. The first-order valence-electron chi connectivity index (χ1n) is 7.87. The molecule has 0 saturated heterocycles. The van der Waals surface area contributed by atoms with Gasteiger partial charge in [0.2, 0.25) is 5.91 Å². The van der Waals surface area contributed by atoms with E-state index in [9.17, 15) is 9.59 Å². The van der Waals surface area contributed by atoms with Crippen LogP contribution in [0.4, 0.5) is 5.69 Å². The lowest BCUT2D eigenvalue weighted by atomic mass is 9.99. The molecule has 2 amide bonds. The average molecular weight is 312 g/mol. The van der Waals surface area contributed by atoms with Crippen LogP contribution in [0.15, 0.2) is 41.0 Å². The molecule has 0 atom stereocenters. The van der Waals surface area contributed by atoms with Crippen LogP contribution in [-0.4, -0.2) is 24.9 Å². The number of rotatable bonds is 4. The number of furan rings is 1. The molecule has 5 heteroatoms. The van der Waals surface area contributed by atoms with Gasteiger partial charge in [0.25, 0.3) is 5.91 Å². The molecule has 0 spiro atoms. The third-order valence-electron chi connectivity index (χ3n) is 4.02. The first-order valence-corrected chi connectivity index (χ1v) is 7.87. The van der Waals surface area contributed by atoms with Gasteiger partial charge in [-0.15, -0.1) is 0 Å². The van der Waals surface area contributed by atoms with Gasteiger partial charge in [-0.1, -0.05) is 17.7 Å². The maximum atomic E-state index is 12.5. The van der Waals surface area contributed by atoms with Crippen LogP contribution in [0.2, 0.25) is 0 Å². The number of aryl methyl sites for hydroxylation is 2. The smallest absolute Gasteiger partial charge is 0.286 e. The minimum absolute atomic E-state index is 0.0366. The van der Waals surface area contributed by atoms with Gasteiger partial charge in [0.15, 0.2) is 5.76 Å². The Bertz CT molecular complexity index is 707. The quantitative estimate of drug-likeness (QED) is 0.944. The molecular formula is C18H20N2O3. The van der Waals surface area contributed by atoms with Crippen LogP contribution in [0.5, 0.6) is 0 Å².